The lowest BCUT2D eigenvalue weighted by atomic mass is 10.1. The van der Waals surface area contributed by atoms with Crippen LogP contribution in [0.4, 0.5) is 0 Å². The fraction of sp³-hybridized carbons (Fsp3) is 0.185. The molecule has 5 nitrogen and oxygen atoms in total. The van der Waals surface area contributed by atoms with Crippen LogP contribution in [0.2, 0.25) is 0 Å². The molecule has 160 valence electrons. The fourth-order valence-corrected chi connectivity index (χ4v) is 4.36. The quantitative estimate of drug-likeness (QED) is 0.497. The molecule has 2 heterocycles. The topological polar surface area (TPSA) is 59.6 Å². The first-order valence-electron chi connectivity index (χ1n) is 11.1. The minimum Gasteiger partial charge on any atom is -0.436 e. The zero-order valence-electron chi connectivity index (χ0n) is 17.8. The maximum absolute atomic E-state index is 13.1. The van der Waals surface area contributed by atoms with E-state index in [1.165, 1.54) is 10.5 Å². The highest BCUT2D eigenvalue weighted by atomic mass is 16.4. The monoisotopic (exact) mass is 424 g/mol. The highest BCUT2D eigenvalue weighted by molar-refractivity contribution is 6.00. The summed E-state index contributed by atoms with van der Waals surface area (Å²) in [5.74, 6) is 1.06. The molecule has 1 fully saturated rings. The summed E-state index contributed by atoms with van der Waals surface area (Å²) in [6.07, 6.45) is 2.69. The Labute approximate surface area is 187 Å². The third-order valence-corrected chi connectivity index (χ3v) is 5.98. The third kappa shape index (κ3) is 4.48. The second-order valence-electron chi connectivity index (χ2n) is 8.27. The van der Waals surface area contributed by atoms with Crippen molar-refractivity contribution in [2.24, 2.45) is 0 Å². The summed E-state index contributed by atoms with van der Waals surface area (Å²) < 4.78 is 6.00. The number of oxazole rings is 1. The maximum atomic E-state index is 13.1. The van der Waals surface area contributed by atoms with E-state index in [4.69, 9.17) is 4.42 Å². The van der Waals surface area contributed by atoms with Crippen molar-refractivity contribution in [3.05, 3.63) is 102 Å². The second-order valence-corrected chi connectivity index (χ2v) is 8.27. The zero-order chi connectivity index (χ0) is 21.8. The van der Waals surface area contributed by atoms with Gasteiger partial charge in [0.2, 0.25) is 5.89 Å². The molecule has 1 aliphatic heterocycles. The van der Waals surface area contributed by atoms with Gasteiger partial charge in [0.15, 0.2) is 5.76 Å². The summed E-state index contributed by atoms with van der Waals surface area (Å²) in [6.45, 7) is 2.98. The Morgan fingerprint density at radius 2 is 1.69 bits per heavy atom. The molecule has 2 N–H and O–H groups in total. The van der Waals surface area contributed by atoms with Crippen LogP contribution >= 0.6 is 0 Å². The predicted octanol–water partition coefficient (Wildman–Crippen LogP) is 3.60. The first kappa shape index (κ1) is 20.2. The van der Waals surface area contributed by atoms with Crippen molar-refractivity contribution >= 4 is 5.91 Å². The Kier molecular flexibility index (Phi) is 5.81. The summed E-state index contributed by atoms with van der Waals surface area (Å²) in [5.41, 5.74) is 3.59. The number of amides is 1. The number of aromatic nitrogens is 1. The lowest BCUT2D eigenvalue weighted by Gasteiger charge is -2.15. The summed E-state index contributed by atoms with van der Waals surface area (Å²) in [6, 6.07) is 28.0. The summed E-state index contributed by atoms with van der Waals surface area (Å²) >= 11 is 0. The van der Waals surface area contributed by atoms with E-state index < -0.39 is 0 Å². The molecule has 0 aliphatic carbocycles. The molecule has 5 heteroatoms. The predicted molar refractivity (Wildman–Crippen MR) is 124 cm³/mol. The smallest absolute Gasteiger partial charge is 0.252 e. The molecule has 1 amide bonds. The first-order valence-corrected chi connectivity index (χ1v) is 11.1. The average molecular weight is 425 g/mol. The van der Waals surface area contributed by atoms with E-state index in [-0.39, 0.29) is 11.9 Å². The Hall–Kier alpha value is -3.70. The van der Waals surface area contributed by atoms with E-state index in [2.05, 4.69) is 34.6 Å². The number of carbonyl (C=O) groups is 1. The molecule has 0 radical (unpaired) electrons. The number of hydrogen-bond donors (Lipinski definition) is 2. The molecule has 1 aromatic heterocycles. The molecule has 0 saturated carbocycles. The van der Waals surface area contributed by atoms with E-state index in [1.54, 1.807) is 6.20 Å². The van der Waals surface area contributed by atoms with Gasteiger partial charge in [0.25, 0.3) is 5.91 Å². The van der Waals surface area contributed by atoms with Crippen molar-refractivity contribution in [1.82, 2.24) is 10.3 Å². The Morgan fingerprint density at radius 3 is 2.50 bits per heavy atom. The van der Waals surface area contributed by atoms with Crippen LogP contribution in [0.5, 0.6) is 0 Å². The Bertz CT molecular complexity index is 1190. The summed E-state index contributed by atoms with van der Waals surface area (Å²) in [4.78, 5) is 19.1. The van der Waals surface area contributed by atoms with Gasteiger partial charge in [-0.1, -0.05) is 72.8 Å². The number of hydrogen-bond acceptors (Lipinski definition) is 3. The van der Waals surface area contributed by atoms with Gasteiger partial charge in [0, 0.05) is 23.1 Å². The van der Waals surface area contributed by atoms with Gasteiger partial charge in [-0.05, 0) is 12.1 Å². The minimum atomic E-state index is -0.0778. The van der Waals surface area contributed by atoms with E-state index in [0.717, 1.165) is 31.6 Å². The molecule has 0 spiro atoms. The van der Waals surface area contributed by atoms with Crippen molar-refractivity contribution in [3.8, 4) is 22.8 Å². The van der Waals surface area contributed by atoms with Gasteiger partial charge < -0.3 is 14.6 Å². The number of nitrogens with one attached hydrogen (secondary N) is 2. The fourth-order valence-electron chi connectivity index (χ4n) is 4.36. The Morgan fingerprint density at radius 1 is 0.969 bits per heavy atom. The van der Waals surface area contributed by atoms with Gasteiger partial charge in [-0.15, -0.1) is 0 Å². The van der Waals surface area contributed by atoms with Gasteiger partial charge in [-0.3, -0.25) is 4.79 Å². The van der Waals surface area contributed by atoms with Crippen molar-refractivity contribution in [2.45, 2.75) is 19.0 Å². The number of rotatable bonds is 6. The highest BCUT2D eigenvalue weighted by Crippen LogP contribution is 2.28. The van der Waals surface area contributed by atoms with Crippen LogP contribution in [-0.2, 0) is 6.54 Å². The number of carbonyl (C=O) groups excluding carboxylic acids is 1. The van der Waals surface area contributed by atoms with E-state index in [1.807, 2.05) is 60.7 Å². The van der Waals surface area contributed by atoms with Crippen molar-refractivity contribution < 1.29 is 14.1 Å². The van der Waals surface area contributed by atoms with Crippen molar-refractivity contribution in [3.63, 3.8) is 0 Å². The third-order valence-electron chi connectivity index (χ3n) is 5.98. The van der Waals surface area contributed by atoms with Crippen LogP contribution in [0.3, 0.4) is 0 Å². The first-order chi connectivity index (χ1) is 15.8. The number of nitrogens with zero attached hydrogens (tertiary/aromatic N) is 1. The molecule has 3 aromatic carbocycles. The van der Waals surface area contributed by atoms with Gasteiger partial charge in [-0.2, -0.15) is 0 Å². The van der Waals surface area contributed by atoms with Crippen LogP contribution in [0.1, 0.15) is 22.3 Å². The lowest BCUT2D eigenvalue weighted by Crippen LogP contribution is -3.09. The van der Waals surface area contributed by atoms with E-state index in [9.17, 15) is 4.79 Å². The van der Waals surface area contributed by atoms with Crippen molar-refractivity contribution in [1.29, 1.82) is 0 Å². The summed E-state index contributed by atoms with van der Waals surface area (Å²) in [5, 5.41) is 3.23. The molecule has 0 bridgehead atoms. The second kappa shape index (κ2) is 9.20. The van der Waals surface area contributed by atoms with Gasteiger partial charge in [0.05, 0.1) is 30.9 Å². The highest BCUT2D eigenvalue weighted by Gasteiger charge is 2.28. The summed E-state index contributed by atoms with van der Waals surface area (Å²) in [7, 11) is 0. The SMILES string of the molecule is O=C(N[C@@H]1CC[NH+](Cc2ccccc2)C1)c1ccccc1-c1ncc(-c2ccccc2)o1. The largest absolute Gasteiger partial charge is 0.436 e. The molecule has 1 aliphatic rings. The van der Waals surface area contributed by atoms with Gasteiger partial charge >= 0.3 is 0 Å². The van der Waals surface area contributed by atoms with Crippen molar-refractivity contribution in [2.75, 3.05) is 13.1 Å². The molecule has 1 unspecified atom stereocenters. The van der Waals surface area contributed by atoms with Crippen LogP contribution in [-0.4, -0.2) is 30.0 Å². The van der Waals surface area contributed by atoms with Crippen LogP contribution in [0.25, 0.3) is 22.8 Å². The molecule has 1 saturated heterocycles. The Balaban J connectivity index is 1.28. The minimum absolute atomic E-state index is 0.0778. The molecule has 5 rings (SSSR count). The van der Waals surface area contributed by atoms with E-state index >= 15 is 0 Å². The molecular formula is C27H26N3O2+. The van der Waals surface area contributed by atoms with Crippen LogP contribution < -0.4 is 10.2 Å². The number of benzene rings is 3. The standard InChI is InChI=1S/C27H25N3O2/c31-26(29-22-15-16-30(19-22)18-20-9-3-1-4-10-20)23-13-7-8-14-24(23)27-28-17-25(32-27)21-11-5-2-6-12-21/h1-14,17,22H,15-16,18-19H2,(H,29,31)/p+1/t22-/m1/s1. The number of likely N-dealkylation sites (tertiary alicyclic amines) is 1. The average Bonchev–Trinajstić information content (AvgIpc) is 3.50. The molecule has 32 heavy (non-hydrogen) atoms. The lowest BCUT2D eigenvalue weighted by molar-refractivity contribution is -0.901. The molecule has 4 aromatic rings. The van der Waals surface area contributed by atoms with Gasteiger partial charge in [0.1, 0.15) is 6.54 Å². The zero-order valence-corrected chi connectivity index (χ0v) is 17.8. The van der Waals surface area contributed by atoms with E-state index in [0.29, 0.717) is 22.8 Å². The maximum Gasteiger partial charge on any atom is 0.252 e. The van der Waals surface area contributed by atoms with Crippen LogP contribution in [0.15, 0.2) is 95.5 Å². The van der Waals surface area contributed by atoms with Gasteiger partial charge in [-0.25, -0.2) is 4.98 Å². The van der Waals surface area contributed by atoms with Crippen LogP contribution in [0, 0.1) is 0 Å². The molecular weight excluding hydrogens is 398 g/mol. The molecule has 2 atom stereocenters. The number of quaternary nitrogens is 1. The normalized spacial score (nSPS) is 17.9.